The zero-order valence-corrected chi connectivity index (χ0v) is 16.6. The summed E-state index contributed by atoms with van der Waals surface area (Å²) in [6.07, 6.45) is 2.66. The molecule has 2 aromatic rings. The first-order chi connectivity index (χ1) is 13.6. The fraction of sp³-hybridized carbons (Fsp3) is 0.364. The van der Waals surface area contributed by atoms with Crippen LogP contribution >= 0.6 is 0 Å². The number of methoxy groups -OCH3 is 2. The van der Waals surface area contributed by atoms with Crippen molar-refractivity contribution in [3.05, 3.63) is 53.6 Å². The van der Waals surface area contributed by atoms with Crippen molar-refractivity contribution in [2.75, 3.05) is 26.1 Å². The zero-order chi connectivity index (χ0) is 20.4. The van der Waals surface area contributed by atoms with Gasteiger partial charge in [-0.05, 0) is 48.7 Å². The van der Waals surface area contributed by atoms with E-state index in [9.17, 15) is 9.59 Å². The van der Waals surface area contributed by atoms with Crippen LogP contribution < -0.4 is 14.8 Å². The van der Waals surface area contributed by atoms with E-state index >= 15 is 0 Å². The van der Waals surface area contributed by atoms with Gasteiger partial charge in [0.1, 0.15) is 0 Å². The molecule has 1 amide bonds. The summed E-state index contributed by atoms with van der Waals surface area (Å²) in [5.41, 5.74) is 1.97. The lowest BCUT2D eigenvalue weighted by Gasteiger charge is -2.10. The van der Waals surface area contributed by atoms with Crippen molar-refractivity contribution in [1.29, 1.82) is 0 Å². The summed E-state index contributed by atoms with van der Waals surface area (Å²) in [5.74, 6) is 0.772. The summed E-state index contributed by atoms with van der Waals surface area (Å²) in [7, 11) is 3.16. The standard InChI is InChI=1S/C22H27NO5/c1-4-5-13-28-22(25)17-7-6-8-18(15-17)23-21(24)12-10-16-9-11-19(26-2)20(14-16)27-3/h6-9,11,14-15H,4-5,10,12-13H2,1-3H3,(H,23,24). The summed E-state index contributed by atoms with van der Waals surface area (Å²) in [6.45, 7) is 2.43. The van der Waals surface area contributed by atoms with E-state index in [2.05, 4.69) is 5.32 Å². The van der Waals surface area contributed by atoms with Crippen LogP contribution in [0.3, 0.4) is 0 Å². The van der Waals surface area contributed by atoms with Crippen molar-refractivity contribution < 1.29 is 23.8 Å². The highest BCUT2D eigenvalue weighted by atomic mass is 16.5. The third-order valence-electron chi connectivity index (χ3n) is 4.20. The van der Waals surface area contributed by atoms with Crippen molar-refractivity contribution in [3.63, 3.8) is 0 Å². The summed E-state index contributed by atoms with van der Waals surface area (Å²) in [4.78, 5) is 24.3. The molecule has 2 rings (SSSR count). The molecule has 150 valence electrons. The highest BCUT2D eigenvalue weighted by Crippen LogP contribution is 2.28. The van der Waals surface area contributed by atoms with Gasteiger partial charge >= 0.3 is 5.97 Å². The van der Waals surface area contributed by atoms with Crippen LogP contribution in [0, 0.1) is 0 Å². The highest BCUT2D eigenvalue weighted by molar-refractivity contribution is 5.94. The number of hydrogen-bond donors (Lipinski definition) is 1. The molecular weight excluding hydrogens is 358 g/mol. The zero-order valence-electron chi connectivity index (χ0n) is 16.6. The molecule has 0 aliphatic heterocycles. The topological polar surface area (TPSA) is 73.9 Å². The average Bonchev–Trinajstić information content (AvgIpc) is 2.72. The molecule has 0 heterocycles. The Balaban J connectivity index is 1.91. The lowest BCUT2D eigenvalue weighted by molar-refractivity contribution is -0.116. The van der Waals surface area contributed by atoms with Gasteiger partial charge in [-0.1, -0.05) is 25.5 Å². The minimum Gasteiger partial charge on any atom is -0.493 e. The molecule has 0 fully saturated rings. The Morgan fingerprint density at radius 2 is 1.79 bits per heavy atom. The Kier molecular flexibility index (Phi) is 8.34. The molecule has 0 aromatic heterocycles. The van der Waals surface area contributed by atoms with Crippen molar-refractivity contribution in [3.8, 4) is 11.5 Å². The van der Waals surface area contributed by atoms with Crippen molar-refractivity contribution >= 4 is 17.6 Å². The van der Waals surface area contributed by atoms with Crippen molar-refractivity contribution in [2.24, 2.45) is 0 Å². The van der Waals surface area contributed by atoms with Gasteiger partial charge in [0.25, 0.3) is 0 Å². The van der Waals surface area contributed by atoms with Crippen LogP contribution in [0.25, 0.3) is 0 Å². The lowest BCUT2D eigenvalue weighted by atomic mass is 10.1. The number of esters is 1. The molecule has 28 heavy (non-hydrogen) atoms. The molecular formula is C22H27NO5. The second-order valence-corrected chi connectivity index (χ2v) is 6.31. The van der Waals surface area contributed by atoms with Crippen LogP contribution in [-0.2, 0) is 16.0 Å². The average molecular weight is 385 g/mol. The molecule has 0 bridgehead atoms. The Morgan fingerprint density at radius 1 is 1.00 bits per heavy atom. The number of hydrogen-bond acceptors (Lipinski definition) is 5. The molecule has 0 atom stereocenters. The Bertz CT molecular complexity index is 803. The molecule has 6 heteroatoms. The molecule has 0 spiro atoms. The minimum absolute atomic E-state index is 0.133. The van der Waals surface area contributed by atoms with Crippen LogP contribution in [0.4, 0.5) is 5.69 Å². The monoisotopic (exact) mass is 385 g/mol. The number of ether oxygens (including phenoxy) is 3. The fourth-order valence-electron chi connectivity index (χ4n) is 2.63. The Morgan fingerprint density at radius 3 is 2.50 bits per heavy atom. The van der Waals surface area contributed by atoms with E-state index in [-0.39, 0.29) is 11.9 Å². The molecule has 1 N–H and O–H groups in total. The summed E-state index contributed by atoms with van der Waals surface area (Å²) in [6, 6.07) is 12.4. The molecule has 0 radical (unpaired) electrons. The fourth-order valence-corrected chi connectivity index (χ4v) is 2.63. The van der Waals surface area contributed by atoms with Gasteiger partial charge < -0.3 is 19.5 Å². The third kappa shape index (κ3) is 6.30. The van der Waals surface area contributed by atoms with Crippen LogP contribution in [-0.4, -0.2) is 32.7 Å². The van der Waals surface area contributed by atoms with E-state index in [4.69, 9.17) is 14.2 Å². The second-order valence-electron chi connectivity index (χ2n) is 6.31. The first-order valence-electron chi connectivity index (χ1n) is 9.35. The van der Waals surface area contributed by atoms with E-state index in [1.165, 1.54) is 0 Å². The van der Waals surface area contributed by atoms with Gasteiger partial charge in [0.05, 0.1) is 26.4 Å². The third-order valence-corrected chi connectivity index (χ3v) is 4.20. The minimum atomic E-state index is -0.380. The van der Waals surface area contributed by atoms with Gasteiger partial charge in [0.15, 0.2) is 11.5 Å². The Labute approximate surface area is 165 Å². The summed E-state index contributed by atoms with van der Waals surface area (Å²) >= 11 is 0. The lowest BCUT2D eigenvalue weighted by Crippen LogP contribution is -2.13. The van der Waals surface area contributed by atoms with E-state index in [0.29, 0.717) is 42.2 Å². The molecule has 0 aliphatic rings. The number of anilines is 1. The van der Waals surface area contributed by atoms with Gasteiger partial charge in [0, 0.05) is 12.1 Å². The van der Waals surface area contributed by atoms with Gasteiger partial charge in [-0.2, -0.15) is 0 Å². The molecule has 0 saturated carbocycles. The molecule has 0 saturated heterocycles. The van der Waals surface area contributed by atoms with Gasteiger partial charge in [-0.25, -0.2) is 4.79 Å². The van der Waals surface area contributed by atoms with E-state index < -0.39 is 0 Å². The molecule has 0 aliphatic carbocycles. The van der Waals surface area contributed by atoms with Crippen LogP contribution in [0.15, 0.2) is 42.5 Å². The number of nitrogens with one attached hydrogen (secondary N) is 1. The second kappa shape index (κ2) is 11.0. The molecule has 6 nitrogen and oxygen atoms in total. The van der Waals surface area contributed by atoms with Crippen molar-refractivity contribution in [1.82, 2.24) is 0 Å². The van der Waals surface area contributed by atoms with Gasteiger partial charge in [-0.3, -0.25) is 4.79 Å². The smallest absolute Gasteiger partial charge is 0.338 e. The van der Waals surface area contributed by atoms with E-state index in [1.807, 2.05) is 25.1 Å². The summed E-state index contributed by atoms with van der Waals surface area (Å²) < 4.78 is 15.7. The number of amides is 1. The van der Waals surface area contributed by atoms with Crippen LogP contribution in [0.1, 0.15) is 42.1 Å². The summed E-state index contributed by atoms with van der Waals surface area (Å²) in [5, 5.41) is 2.82. The number of carbonyl (C=O) groups excluding carboxylic acids is 2. The normalized spacial score (nSPS) is 10.2. The molecule has 0 unspecified atom stereocenters. The highest BCUT2D eigenvalue weighted by Gasteiger charge is 2.10. The number of benzene rings is 2. The van der Waals surface area contributed by atoms with Gasteiger partial charge in [0.2, 0.25) is 5.91 Å². The van der Waals surface area contributed by atoms with E-state index in [0.717, 1.165) is 18.4 Å². The first kappa shape index (κ1) is 21.3. The van der Waals surface area contributed by atoms with E-state index in [1.54, 1.807) is 38.5 Å². The maximum Gasteiger partial charge on any atom is 0.338 e. The van der Waals surface area contributed by atoms with Crippen LogP contribution in [0.5, 0.6) is 11.5 Å². The SMILES string of the molecule is CCCCOC(=O)c1cccc(NC(=O)CCc2ccc(OC)c(OC)c2)c1. The maximum atomic E-state index is 12.3. The number of rotatable bonds is 10. The number of carbonyl (C=O) groups is 2. The van der Waals surface area contributed by atoms with Crippen LogP contribution in [0.2, 0.25) is 0 Å². The maximum absolute atomic E-state index is 12.3. The predicted octanol–water partition coefficient (Wildman–Crippen LogP) is 4.23. The predicted molar refractivity (Wildman–Crippen MR) is 108 cm³/mol. The quantitative estimate of drug-likeness (QED) is 0.489. The van der Waals surface area contributed by atoms with Crippen molar-refractivity contribution in [2.45, 2.75) is 32.6 Å². The Hall–Kier alpha value is -3.02. The largest absolute Gasteiger partial charge is 0.493 e. The number of unbranched alkanes of at least 4 members (excludes halogenated alkanes) is 1. The molecule has 2 aromatic carbocycles. The van der Waals surface area contributed by atoms with Gasteiger partial charge in [-0.15, -0.1) is 0 Å². The first-order valence-corrected chi connectivity index (χ1v) is 9.35. The number of aryl methyl sites for hydroxylation is 1.